The molecule has 21 heavy (non-hydrogen) atoms. The zero-order chi connectivity index (χ0) is 16.4. The van der Waals surface area contributed by atoms with Crippen LogP contribution in [0, 0.1) is 18.2 Å². The lowest BCUT2D eigenvalue weighted by Gasteiger charge is -2.29. The Hall–Kier alpha value is -1.18. The first-order valence-corrected chi connectivity index (χ1v) is 8.00. The van der Waals surface area contributed by atoms with Gasteiger partial charge in [0.15, 0.2) is 11.6 Å². The van der Waals surface area contributed by atoms with Crippen LogP contribution in [-0.2, 0) is 10.0 Å². The van der Waals surface area contributed by atoms with E-state index in [1.807, 2.05) is 13.8 Å². The molecule has 0 fully saturated rings. The van der Waals surface area contributed by atoms with Crippen molar-refractivity contribution in [2.45, 2.75) is 25.7 Å². The Morgan fingerprint density at radius 2 is 1.95 bits per heavy atom. The molecule has 120 valence electrons. The standard InChI is InChI=1S/C14H23FN2O3S/c1-10-12(7-6-11(20-5)13(10)15)21(18,19)17(4)9-14(2,3)8-16/h6-7H,8-9,16H2,1-5H3. The number of methoxy groups -OCH3 is 1. The van der Waals surface area contributed by atoms with Gasteiger partial charge in [0.1, 0.15) is 0 Å². The van der Waals surface area contributed by atoms with Gasteiger partial charge in [-0.3, -0.25) is 0 Å². The monoisotopic (exact) mass is 318 g/mol. The molecule has 0 atom stereocenters. The molecule has 0 spiro atoms. The summed E-state index contributed by atoms with van der Waals surface area (Å²) in [6.07, 6.45) is 0. The van der Waals surface area contributed by atoms with E-state index >= 15 is 0 Å². The highest BCUT2D eigenvalue weighted by atomic mass is 32.2. The summed E-state index contributed by atoms with van der Waals surface area (Å²) in [7, 11) is -0.976. The van der Waals surface area contributed by atoms with Crippen molar-refractivity contribution in [3.63, 3.8) is 0 Å². The van der Waals surface area contributed by atoms with Gasteiger partial charge in [0.25, 0.3) is 0 Å². The van der Waals surface area contributed by atoms with Crippen LogP contribution in [-0.4, -0.2) is 40.0 Å². The SMILES string of the molecule is COc1ccc(S(=O)(=O)N(C)CC(C)(C)CN)c(C)c1F. The van der Waals surface area contributed by atoms with Crippen molar-refractivity contribution in [1.29, 1.82) is 0 Å². The van der Waals surface area contributed by atoms with Crippen LogP contribution >= 0.6 is 0 Å². The molecule has 0 aromatic heterocycles. The van der Waals surface area contributed by atoms with E-state index in [1.54, 1.807) is 0 Å². The molecule has 5 nitrogen and oxygen atoms in total. The largest absolute Gasteiger partial charge is 0.494 e. The second-order valence-corrected chi connectivity index (χ2v) is 7.85. The Bertz CT molecular complexity index is 615. The minimum absolute atomic E-state index is 0.0244. The number of nitrogens with zero attached hydrogens (tertiary/aromatic N) is 1. The quantitative estimate of drug-likeness (QED) is 0.867. The number of hydrogen-bond donors (Lipinski definition) is 1. The molecule has 0 bridgehead atoms. The van der Waals surface area contributed by atoms with E-state index in [1.165, 1.54) is 37.5 Å². The molecule has 1 rings (SSSR count). The maximum absolute atomic E-state index is 14.0. The third kappa shape index (κ3) is 3.72. The van der Waals surface area contributed by atoms with E-state index in [0.717, 1.165) is 0 Å². The second-order valence-electron chi connectivity index (χ2n) is 5.83. The van der Waals surface area contributed by atoms with Crippen molar-refractivity contribution in [3.8, 4) is 5.75 Å². The average molecular weight is 318 g/mol. The fourth-order valence-corrected chi connectivity index (χ4v) is 3.57. The molecule has 7 heteroatoms. The summed E-state index contributed by atoms with van der Waals surface area (Å²) < 4.78 is 45.2. The second kappa shape index (κ2) is 6.29. The summed E-state index contributed by atoms with van der Waals surface area (Å²) in [6, 6.07) is 2.68. The Morgan fingerprint density at radius 1 is 1.38 bits per heavy atom. The molecule has 2 N–H and O–H groups in total. The number of benzene rings is 1. The number of halogens is 1. The Labute approximate surface area is 125 Å². The summed E-state index contributed by atoms with van der Waals surface area (Å²) >= 11 is 0. The molecule has 0 saturated carbocycles. The highest BCUT2D eigenvalue weighted by Crippen LogP contribution is 2.28. The molecule has 0 heterocycles. The number of ether oxygens (including phenoxy) is 1. The third-order valence-electron chi connectivity index (χ3n) is 3.41. The van der Waals surface area contributed by atoms with Crippen molar-refractivity contribution in [2.24, 2.45) is 11.1 Å². The van der Waals surface area contributed by atoms with Gasteiger partial charge >= 0.3 is 0 Å². The van der Waals surface area contributed by atoms with Crippen LogP contribution in [0.1, 0.15) is 19.4 Å². The summed E-state index contributed by atoms with van der Waals surface area (Å²) in [6.45, 7) is 5.77. The minimum Gasteiger partial charge on any atom is -0.494 e. The van der Waals surface area contributed by atoms with Gasteiger partial charge in [-0.1, -0.05) is 13.8 Å². The number of nitrogens with two attached hydrogens (primary N) is 1. The van der Waals surface area contributed by atoms with Gasteiger partial charge < -0.3 is 10.5 Å². The number of sulfonamides is 1. The molecule has 0 unspecified atom stereocenters. The van der Waals surface area contributed by atoms with E-state index in [4.69, 9.17) is 10.5 Å². The van der Waals surface area contributed by atoms with Gasteiger partial charge in [0.2, 0.25) is 10.0 Å². The smallest absolute Gasteiger partial charge is 0.243 e. The number of hydrogen-bond acceptors (Lipinski definition) is 4. The molecule has 0 radical (unpaired) electrons. The van der Waals surface area contributed by atoms with Gasteiger partial charge in [-0.2, -0.15) is 0 Å². The van der Waals surface area contributed by atoms with Crippen LogP contribution in [0.15, 0.2) is 17.0 Å². The summed E-state index contributed by atoms with van der Waals surface area (Å²) in [5.74, 6) is -0.638. The molecule has 1 aromatic carbocycles. The fourth-order valence-electron chi connectivity index (χ4n) is 2.00. The van der Waals surface area contributed by atoms with Crippen molar-refractivity contribution < 1.29 is 17.5 Å². The van der Waals surface area contributed by atoms with E-state index in [9.17, 15) is 12.8 Å². The van der Waals surface area contributed by atoms with Gasteiger partial charge in [-0.05, 0) is 31.0 Å². The Balaban J connectivity index is 3.23. The molecule has 0 aliphatic carbocycles. The van der Waals surface area contributed by atoms with Gasteiger partial charge in [0.05, 0.1) is 12.0 Å². The number of rotatable bonds is 6. The van der Waals surface area contributed by atoms with Gasteiger partial charge in [-0.25, -0.2) is 17.1 Å². The lowest BCUT2D eigenvalue weighted by molar-refractivity contribution is 0.291. The van der Waals surface area contributed by atoms with Crippen LogP contribution in [0.3, 0.4) is 0 Å². The van der Waals surface area contributed by atoms with Crippen molar-refractivity contribution >= 4 is 10.0 Å². The molecule has 0 amide bonds. The van der Waals surface area contributed by atoms with Crippen LogP contribution < -0.4 is 10.5 Å². The molecule has 0 aliphatic rings. The summed E-state index contributed by atoms with van der Waals surface area (Å²) in [4.78, 5) is -0.0591. The Kier molecular flexibility index (Phi) is 5.35. The van der Waals surface area contributed by atoms with E-state index in [0.29, 0.717) is 6.54 Å². The van der Waals surface area contributed by atoms with Crippen LogP contribution in [0.25, 0.3) is 0 Å². The zero-order valence-corrected chi connectivity index (χ0v) is 13.9. The molecular formula is C14H23FN2O3S. The maximum atomic E-state index is 14.0. The predicted molar refractivity (Wildman–Crippen MR) is 80.3 cm³/mol. The highest BCUT2D eigenvalue weighted by Gasteiger charge is 2.29. The lowest BCUT2D eigenvalue weighted by Crippen LogP contribution is -2.40. The van der Waals surface area contributed by atoms with Crippen LogP contribution in [0.2, 0.25) is 0 Å². The summed E-state index contributed by atoms with van der Waals surface area (Å²) in [5, 5.41) is 0. The fraction of sp³-hybridized carbons (Fsp3) is 0.571. The van der Waals surface area contributed by atoms with E-state index in [2.05, 4.69) is 0 Å². The van der Waals surface area contributed by atoms with E-state index in [-0.39, 0.29) is 28.2 Å². The zero-order valence-electron chi connectivity index (χ0n) is 13.1. The van der Waals surface area contributed by atoms with Crippen LogP contribution in [0.5, 0.6) is 5.75 Å². The first-order chi connectivity index (χ1) is 9.56. The average Bonchev–Trinajstić information content (AvgIpc) is 2.41. The lowest BCUT2D eigenvalue weighted by atomic mass is 9.94. The molecule has 1 aromatic rings. The molecule has 0 aliphatic heterocycles. The maximum Gasteiger partial charge on any atom is 0.243 e. The minimum atomic E-state index is -3.78. The predicted octanol–water partition coefficient (Wildman–Crippen LogP) is 1.75. The third-order valence-corrected chi connectivity index (χ3v) is 5.36. The highest BCUT2D eigenvalue weighted by molar-refractivity contribution is 7.89. The van der Waals surface area contributed by atoms with E-state index < -0.39 is 15.8 Å². The molecule has 0 saturated heterocycles. The normalized spacial score (nSPS) is 12.8. The molecular weight excluding hydrogens is 295 g/mol. The van der Waals surface area contributed by atoms with Crippen LogP contribution in [0.4, 0.5) is 4.39 Å². The van der Waals surface area contributed by atoms with Crippen molar-refractivity contribution in [3.05, 3.63) is 23.5 Å². The first-order valence-electron chi connectivity index (χ1n) is 6.56. The van der Waals surface area contributed by atoms with Crippen molar-refractivity contribution in [1.82, 2.24) is 4.31 Å². The van der Waals surface area contributed by atoms with Crippen molar-refractivity contribution in [2.75, 3.05) is 27.2 Å². The van der Waals surface area contributed by atoms with Gasteiger partial charge in [0, 0.05) is 19.2 Å². The first kappa shape index (κ1) is 17.9. The topological polar surface area (TPSA) is 72.6 Å². The van der Waals surface area contributed by atoms with Gasteiger partial charge in [-0.15, -0.1) is 0 Å². The Morgan fingerprint density at radius 3 is 2.43 bits per heavy atom. The summed E-state index contributed by atoms with van der Waals surface area (Å²) in [5.41, 5.74) is 5.32.